The highest BCUT2D eigenvalue weighted by molar-refractivity contribution is 6.32. The summed E-state index contributed by atoms with van der Waals surface area (Å²) in [5, 5.41) is 0.202. The minimum Gasteiger partial charge on any atom is -0.488 e. The molecule has 10 heteroatoms. The summed E-state index contributed by atoms with van der Waals surface area (Å²) in [6.07, 6.45) is 4.20. The molecule has 45 heavy (non-hydrogen) atoms. The van der Waals surface area contributed by atoms with Crippen LogP contribution < -0.4 is 14.4 Å². The molecular weight excluding hydrogens is 597 g/mol. The van der Waals surface area contributed by atoms with E-state index < -0.39 is 23.5 Å². The zero-order valence-electron chi connectivity index (χ0n) is 27.6. The van der Waals surface area contributed by atoms with E-state index in [2.05, 4.69) is 18.7 Å². The topological polar surface area (TPSA) is 83.0 Å². The lowest BCUT2D eigenvalue weighted by Crippen LogP contribution is -2.39. The quantitative estimate of drug-likeness (QED) is 0.153. The number of halogens is 2. The summed E-state index contributed by atoms with van der Waals surface area (Å²) in [7, 11) is 0. The monoisotopic (exact) mass is 641 g/mol. The van der Waals surface area contributed by atoms with Crippen LogP contribution in [0.2, 0.25) is 5.02 Å². The van der Waals surface area contributed by atoms with E-state index in [4.69, 9.17) is 40.5 Å². The van der Waals surface area contributed by atoms with E-state index in [0.717, 1.165) is 37.2 Å². The molecule has 4 rings (SSSR count). The molecule has 0 bridgehead atoms. The van der Waals surface area contributed by atoms with Crippen molar-refractivity contribution in [3.8, 4) is 22.8 Å². The van der Waals surface area contributed by atoms with E-state index in [-0.39, 0.29) is 29.8 Å². The zero-order valence-corrected chi connectivity index (χ0v) is 28.3. The maximum atomic E-state index is 13.6. The molecule has 0 aliphatic carbocycles. The number of pyridine rings is 2. The highest BCUT2D eigenvalue weighted by Gasteiger charge is 2.37. The van der Waals surface area contributed by atoms with Crippen molar-refractivity contribution in [3.63, 3.8) is 0 Å². The largest absolute Gasteiger partial charge is 0.488 e. The van der Waals surface area contributed by atoms with Crippen molar-refractivity contribution >= 4 is 23.3 Å². The third-order valence-corrected chi connectivity index (χ3v) is 7.83. The molecule has 0 N–H and O–H groups in total. The van der Waals surface area contributed by atoms with Gasteiger partial charge in [0, 0.05) is 36.1 Å². The van der Waals surface area contributed by atoms with Crippen LogP contribution in [0.3, 0.4) is 0 Å². The van der Waals surface area contributed by atoms with E-state index in [1.54, 1.807) is 6.20 Å². The van der Waals surface area contributed by atoms with E-state index >= 15 is 0 Å². The molecule has 1 saturated heterocycles. The number of hydrogen-bond donors (Lipinski definition) is 0. The second-order valence-electron chi connectivity index (χ2n) is 13.4. The van der Waals surface area contributed by atoms with Gasteiger partial charge in [0.15, 0.2) is 6.10 Å². The number of piperidine rings is 1. The lowest BCUT2D eigenvalue weighted by Gasteiger charge is -2.41. The Morgan fingerprint density at radius 1 is 1.04 bits per heavy atom. The molecule has 0 radical (unpaired) electrons. The van der Waals surface area contributed by atoms with Crippen LogP contribution in [0.25, 0.3) is 11.3 Å². The van der Waals surface area contributed by atoms with Crippen LogP contribution in [0.5, 0.6) is 11.5 Å². The van der Waals surface area contributed by atoms with Gasteiger partial charge in [0.05, 0.1) is 34.3 Å². The van der Waals surface area contributed by atoms with Gasteiger partial charge in [0.25, 0.3) is 0 Å². The van der Waals surface area contributed by atoms with Gasteiger partial charge in [-0.1, -0.05) is 25.4 Å². The predicted octanol–water partition coefficient (Wildman–Crippen LogP) is 8.14. The first-order valence-electron chi connectivity index (χ1n) is 15.4. The predicted molar refractivity (Wildman–Crippen MR) is 175 cm³/mol. The molecular formula is C35H45ClFN3O5. The van der Waals surface area contributed by atoms with Gasteiger partial charge in [-0.25, -0.2) is 9.18 Å². The van der Waals surface area contributed by atoms with Crippen molar-refractivity contribution in [3.05, 3.63) is 64.8 Å². The molecule has 3 heterocycles. The first-order valence-corrected chi connectivity index (χ1v) is 15.8. The summed E-state index contributed by atoms with van der Waals surface area (Å²) >= 11 is 6.04. The smallest absolute Gasteiger partial charge is 0.340 e. The van der Waals surface area contributed by atoms with Crippen molar-refractivity contribution in [2.75, 3.05) is 31.2 Å². The SMILES string of the molecule is Cc1ncc(-c2ccc(OCCOc3ccc(F)cc3Cl)cn2)c(N2CCC(C)(C)CC2)c1[C@H](OC(C)(C)C)C(=O)OC(C)C. The van der Waals surface area contributed by atoms with Crippen LogP contribution in [-0.2, 0) is 14.3 Å². The minimum absolute atomic E-state index is 0.202. The summed E-state index contributed by atoms with van der Waals surface area (Å²) in [6, 6.07) is 7.70. The van der Waals surface area contributed by atoms with Crippen LogP contribution in [-0.4, -0.2) is 53.9 Å². The van der Waals surface area contributed by atoms with Gasteiger partial charge in [0.2, 0.25) is 0 Å². The van der Waals surface area contributed by atoms with Crippen LogP contribution in [0.1, 0.15) is 78.7 Å². The zero-order chi connectivity index (χ0) is 32.9. The van der Waals surface area contributed by atoms with Crippen LogP contribution in [0.4, 0.5) is 10.1 Å². The number of nitrogens with zero attached hydrogens (tertiary/aromatic N) is 3. The fourth-order valence-electron chi connectivity index (χ4n) is 5.19. The Kier molecular flexibility index (Phi) is 11.0. The van der Waals surface area contributed by atoms with E-state index in [0.29, 0.717) is 28.5 Å². The number of hydrogen-bond acceptors (Lipinski definition) is 8. The van der Waals surface area contributed by atoms with Gasteiger partial charge in [-0.2, -0.15) is 0 Å². The Morgan fingerprint density at radius 3 is 2.33 bits per heavy atom. The summed E-state index contributed by atoms with van der Waals surface area (Å²) in [5.74, 6) is 0.0770. The lowest BCUT2D eigenvalue weighted by molar-refractivity contribution is -0.171. The Hall–Kier alpha value is -3.43. The van der Waals surface area contributed by atoms with Crippen molar-refractivity contribution in [1.29, 1.82) is 0 Å². The Bertz CT molecular complexity index is 1460. The van der Waals surface area contributed by atoms with Crippen LogP contribution >= 0.6 is 11.6 Å². The number of ether oxygens (including phenoxy) is 4. The van der Waals surface area contributed by atoms with Gasteiger partial charge in [0.1, 0.15) is 30.5 Å². The van der Waals surface area contributed by atoms with Crippen LogP contribution in [0.15, 0.2) is 42.7 Å². The summed E-state index contributed by atoms with van der Waals surface area (Å²) in [6.45, 7) is 18.0. The molecule has 1 aliphatic heterocycles. The molecule has 0 amide bonds. The normalized spacial score (nSPS) is 15.6. The molecule has 1 atom stereocenters. The Morgan fingerprint density at radius 2 is 1.73 bits per heavy atom. The number of aryl methyl sites for hydroxylation is 1. The van der Waals surface area contributed by atoms with Gasteiger partial charge >= 0.3 is 5.97 Å². The first-order chi connectivity index (χ1) is 21.1. The summed E-state index contributed by atoms with van der Waals surface area (Å²) in [4.78, 5) is 25.4. The average molecular weight is 642 g/mol. The molecule has 2 aromatic heterocycles. The number of anilines is 1. The highest BCUT2D eigenvalue weighted by atomic mass is 35.5. The number of benzene rings is 1. The maximum absolute atomic E-state index is 13.6. The molecule has 0 spiro atoms. The summed E-state index contributed by atoms with van der Waals surface area (Å²) < 4.78 is 36.9. The van der Waals surface area contributed by atoms with E-state index in [1.165, 1.54) is 18.2 Å². The molecule has 1 fully saturated rings. The number of carbonyl (C=O) groups excluding carboxylic acids is 1. The van der Waals surface area contributed by atoms with Crippen molar-refractivity contribution in [2.45, 2.75) is 86.0 Å². The second kappa shape index (κ2) is 14.3. The lowest BCUT2D eigenvalue weighted by atomic mass is 9.82. The van der Waals surface area contributed by atoms with Gasteiger partial charge in [-0.05, 0) is 90.1 Å². The average Bonchev–Trinajstić information content (AvgIpc) is 2.95. The molecule has 1 aliphatic rings. The van der Waals surface area contributed by atoms with E-state index in [1.807, 2.05) is 59.9 Å². The molecule has 244 valence electrons. The Balaban J connectivity index is 1.65. The number of carbonyl (C=O) groups is 1. The van der Waals surface area contributed by atoms with Gasteiger partial charge < -0.3 is 23.8 Å². The summed E-state index contributed by atoms with van der Waals surface area (Å²) in [5.41, 5.74) is 3.39. The molecule has 0 unspecified atom stereocenters. The third kappa shape index (κ3) is 9.30. The highest BCUT2D eigenvalue weighted by Crippen LogP contribution is 2.43. The standard InChI is InChI=1S/C35H45ClFN3O5/c1-22(2)44-33(41)32(45-34(4,5)6)30-23(3)38-21-26(31(30)40-15-13-35(7,8)14-16-40)28-11-10-25(20-39-28)42-17-18-43-29-12-9-24(37)19-27(29)36/h9-12,19-22,32H,13-18H2,1-8H3/t32-/m0/s1. The molecule has 3 aromatic rings. The van der Waals surface area contributed by atoms with Crippen LogP contribution in [0, 0.1) is 18.2 Å². The number of esters is 1. The molecule has 0 saturated carbocycles. The molecule has 8 nitrogen and oxygen atoms in total. The van der Waals surface area contributed by atoms with Gasteiger partial charge in [-0.15, -0.1) is 0 Å². The third-order valence-electron chi connectivity index (χ3n) is 7.54. The number of rotatable bonds is 11. The van der Waals surface area contributed by atoms with Gasteiger partial charge in [-0.3, -0.25) is 9.97 Å². The maximum Gasteiger partial charge on any atom is 0.340 e. The Labute approximate surface area is 271 Å². The fraction of sp³-hybridized carbons (Fsp3) is 0.514. The molecule has 1 aromatic carbocycles. The second-order valence-corrected chi connectivity index (χ2v) is 13.8. The fourth-order valence-corrected chi connectivity index (χ4v) is 5.41. The number of aromatic nitrogens is 2. The first kappa shape index (κ1) is 34.4. The minimum atomic E-state index is -0.970. The van der Waals surface area contributed by atoms with Crippen molar-refractivity contribution in [2.24, 2.45) is 5.41 Å². The van der Waals surface area contributed by atoms with Crippen molar-refractivity contribution in [1.82, 2.24) is 9.97 Å². The van der Waals surface area contributed by atoms with E-state index in [9.17, 15) is 9.18 Å². The van der Waals surface area contributed by atoms with Crippen molar-refractivity contribution < 1.29 is 28.1 Å².